The van der Waals surface area contributed by atoms with Crippen LogP contribution in [0.25, 0.3) is 0 Å². The summed E-state index contributed by atoms with van der Waals surface area (Å²) >= 11 is 6.15. The monoisotopic (exact) mass is 498 g/mol. The van der Waals surface area contributed by atoms with Gasteiger partial charge in [-0.1, -0.05) is 41.9 Å². The Morgan fingerprint density at radius 2 is 1.62 bits per heavy atom. The zero-order chi connectivity index (χ0) is 24.1. The van der Waals surface area contributed by atoms with Crippen LogP contribution >= 0.6 is 11.6 Å². The summed E-state index contributed by atoms with van der Waals surface area (Å²) in [5.74, 6) is -0.980. The number of nitrogens with one attached hydrogen (secondary N) is 1. The van der Waals surface area contributed by atoms with Crippen molar-refractivity contribution >= 4 is 39.2 Å². The highest BCUT2D eigenvalue weighted by Gasteiger charge is 2.28. The molecule has 34 heavy (non-hydrogen) atoms. The second kappa shape index (κ2) is 10.4. The van der Waals surface area contributed by atoms with Crippen LogP contribution in [0.5, 0.6) is 0 Å². The molecular weight excluding hydrogens is 476 g/mol. The number of carbonyl (C=O) groups excluding carboxylic acids is 2. The third-order valence-electron chi connectivity index (χ3n) is 5.48. The number of sulfonamides is 1. The second-order valence-corrected chi connectivity index (χ2v) is 10.2. The third kappa shape index (κ3) is 5.47. The largest absolute Gasteiger partial charge is 0.457 e. The van der Waals surface area contributed by atoms with Crippen LogP contribution in [-0.4, -0.2) is 37.7 Å². The number of ether oxygens (including phenoxy) is 1. The molecule has 9 heteroatoms. The SMILES string of the molecule is O=C(Nc1ccccc1)c1ccc(COC(=O)c2cc(S(=O)(=O)N3CCCC3)ccc2Cl)cc1. The predicted molar refractivity (Wildman–Crippen MR) is 129 cm³/mol. The summed E-state index contributed by atoms with van der Waals surface area (Å²) in [6.07, 6.45) is 1.63. The van der Waals surface area contributed by atoms with Crippen molar-refractivity contribution in [3.63, 3.8) is 0 Å². The van der Waals surface area contributed by atoms with Gasteiger partial charge in [-0.15, -0.1) is 0 Å². The Morgan fingerprint density at radius 1 is 0.941 bits per heavy atom. The van der Waals surface area contributed by atoms with Crippen LogP contribution in [0, 0.1) is 0 Å². The lowest BCUT2D eigenvalue weighted by Crippen LogP contribution is -2.28. The molecule has 0 spiro atoms. The molecule has 0 aliphatic carbocycles. The van der Waals surface area contributed by atoms with Gasteiger partial charge in [0.15, 0.2) is 0 Å². The number of hydrogen-bond acceptors (Lipinski definition) is 5. The lowest BCUT2D eigenvalue weighted by molar-refractivity contribution is 0.0472. The van der Waals surface area contributed by atoms with E-state index in [1.54, 1.807) is 36.4 Å². The van der Waals surface area contributed by atoms with E-state index in [4.69, 9.17) is 16.3 Å². The first-order valence-corrected chi connectivity index (χ1v) is 12.6. The zero-order valence-corrected chi connectivity index (χ0v) is 19.8. The maximum Gasteiger partial charge on any atom is 0.340 e. The fourth-order valence-corrected chi connectivity index (χ4v) is 5.34. The van der Waals surface area contributed by atoms with Gasteiger partial charge >= 0.3 is 5.97 Å². The van der Waals surface area contributed by atoms with Gasteiger partial charge in [-0.2, -0.15) is 4.31 Å². The lowest BCUT2D eigenvalue weighted by atomic mass is 10.1. The van der Waals surface area contributed by atoms with Crippen molar-refractivity contribution < 1.29 is 22.7 Å². The van der Waals surface area contributed by atoms with E-state index >= 15 is 0 Å². The summed E-state index contributed by atoms with van der Waals surface area (Å²) in [5, 5.41) is 2.91. The molecule has 3 aromatic rings. The van der Waals surface area contributed by atoms with Gasteiger partial charge in [-0.25, -0.2) is 13.2 Å². The number of anilines is 1. The van der Waals surface area contributed by atoms with Gasteiger partial charge < -0.3 is 10.1 Å². The van der Waals surface area contributed by atoms with Crippen molar-refractivity contribution in [2.45, 2.75) is 24.3 Å². The Bertz CT molecular complexity index is 1290. The second-order valence-electron chi connectivity index (χ2n) is 7.85. The predicted octanol–water partition coefficient (Wildman–Crippen LogP) is 4.73. The van der Waals surface area contributed by atoms with Crippen LogP contribution < -0.4 is 5.32 Å². The molecule has 4 rings (SSSR count). The molecule has 0 atom stereocenters. The molecule has 1 fully saturated rings. The molecule has 1 saturated heterocycles. The van der Waals surface area contributed by atoms with Gasteiger partial charge in [0.05, 0.1) is 15.5 Å². The molecule has 7 nitrogen and oxygen atoms in total. The van der Waals surface area contributed by atoms with Gasteiger partial charge in [0.1, 0.15) is 6.61 Å². The number of halogens is 1. The van der Waals surface area contributed by atoms with Crippen LogP contribution in [0.2, 0.25) is 5.02 Å². The molecular formula is C25H23ClN2O5S. The van der Waals surface area contributed by atoms with E-state index in [-0.39, 0.29) is 28.0 Å². The Morgan fingerprint density at radius 3 is 2.29 bits per heavy atom. The number of rotatable bonds is 7. The molecule has 1 aliphatic rings. The molecule has 1 amide bonds. The van der Waals surface area contributed by atoms with Gasteiger partial charge in [-0.05, 0) is 60.9 Å². The van der Waals surface area contributed by atoms with E-state index in [0.29, 0.717) is 29.9 Å². The fraction of sp³-hybridized carbons (Fsp3) is 0.200. The van der Waals surface area contributed by atoms with Crippen molar-refractivity contribution in [1.82, 2.24) is 4.31 Å². The lowest BCUT2D eigenvalue weighted by Gasteiger charge is -2.16. The minimum Gasteiger partial charge on any atom is -0.457 e. The molecule has 176 valence electrons. The van der Waals surface area contributed by atoms with E-state index in [0.717, 1.165) is 12.8 Å². The normalized spacial score (nSPS) is 14.0. The summed E-state index contributed by atoms with van der Waals surface area (Å²) < 4.78 is 32.4. The van der Waals surface area contributed by atoms with Gasteiger partial charge in [-0.3, -0.25) is 4.79 Å². The molecule has 0 radical (unpaired) electrons. The Balaban J connectivity index is 1.40. The molecule has 3 aromatic carbocycles. The van der Waals surface area contributed by atoms with E-state index in [2.05, 4.69) is 5.32 Å². The minimum absolute atomic E-state index is 0.0132. The topological polar surface area (TPSA) is 92.8 Å². The van der Waals surface area contributed by atoms with E-state index in [1.807, 2.05) is 18.2 Å². The average molecular weight is 499 g/mol. The average Bonchev–Trinajstić information content (AvgIpc) is 3.40. The Kier molecular flexibility index (Phi) is 7.31. The minimum atomic E-state index is -3.69. The Labute approximate surface area is 203 Å². The summed E-state index contributed by atoms with van der Waals surface area (Å²) in [4.78, 5) is 25.0. The zero-order valence-electron chi connectivity index (χ0n) is 18.2. The van der Waals surface area contributed by atoms with Crippen LogP contribution in [0.3, 0.4) is 0 Å². The molecule has 0 saturated carbocycles. The van der Waals surface area contributed by atoms with E-state index < -0.39 is 16.0 Å². The first-order chi connectivity index (χ1) is 16.3. The summed E-state index contributed by atoms with van der Waals surface area (Å²) in [6, 6.07) is 19.8. The molecule has 0 bridgehead atoms. The van der Waals surface area contributed by atoms with E-state index in [9.17, 15) is 18.0 Å². The highest BCUT2D eigenvalue weighted by molar-refractivity contribution is 7.89. The number of para-hydroxylation sites is 1. The third-order valence-corrected chi connectivity index (χ3v) is 7.70. The number of nitrogens with zero attached hydrogens (tertiary/aromatic N) is 1. The smallest absolute Gasteiger partial charge is 0.340 e. The first kappa shape index (κ1) is 23.9. The van der Waals surface area contributed by atoms with Crippen molar-refractivity contribution in [3.05, 3.63) is 94.5 Å². The van der Waals surface area contributed by atoms with Gasteiger partial charge in [0, 0.05) is 24.3 Å². The van der Waals surface area contributed by atoms with Crippen LogP contribution in [-0.2, 0) is 21.4 Å². The summed E-state index contributed by atoms with van der Waals surface area (Å²) in [5.41, 5.74) is 1.81. The van der Waals surface area contributed by atoms with Gasteiger partial charge in [0.2, 0.25) is 10.0 Å². The van der Waals surface area contributed by atoms with Crippen molar-refractivity contribution in [3.8, 4) is 0 Å². The van der Waals surface area contributed by atoms with Crippen molar-refractivity contribution in [2.24, 2.45) is 0 Å². The number of amides is 1. The fourth-order valence-electron chi connectivity index (χ4n) is 3.60. The van der Waals surface area contributed by atoms with Crippen LogP contribution in [0.1, 0.15) is 39.1 Å². The van der Waals surface area contributed by atoms with Crippen molar-refractivity contribution in [2.75, 3.05) is 18.4 Å². The number of benzene rings is 3. The summed E-state index contributed by atoms with van der Waals surface area (Å²) in [6.45, 7) is 0.868. The highest BCUT2D eigenvalue weighted by atomic mass is 35.5. The number of hydrogen-bond donors (Lipinski definition) is 1. The maximum atomic E-state index is 12.8. The van der Waals surface area contributed by atoms with Crippen LogP contribution in [0.15, 0.2) is 77.7 Å². The number of carbonyl (C=O) groups is 2. The van der Waals surface area contributed by atoms with E-state index in [1.165, 1.54) is 22.5 Å². The maximum absolute atomic E-state index is 12.8. The molecule has 1 heterocycles. The molecule has 1 aliphatic heterocycles. The van der Waals surface area contributed by atoms with Crippen molar-refractivity contribution in [1.29, 1.82) is 0 Å². The number of esters is 1. The molecule has 0 aromatic heterocycles. The first-order valence-electron chi connectivity index (χ1n) is 10.8. The Hall–Kier alpha value is -3.20. The molecule has 1 N–H and O–H groups in total. The standard InChI is InChI=1S/C25H23ClN2O5S/c26-23-13-12-21(34(31,32)28-14-4-5-15-28)16-22(23)25(30)33-17-18-8-10-19(11-9-18)24(29)27-20-6-2-1-3-7-20/h1-3,6-13,16H,4-5,14-15,17H2,(H,27,29). The van der Waals surface area contributed by atoms with Crippen LogP contribution in [0.4, 0.5) is 5.69 Å². The quantitative estimate of drug-likeness (QED) is 0.475. The highest BCUT2D eigenvalue weighted by Crippen LogP contribution is 2.26. The summed E-state index contributed by atoms with van der Waals surface area (Å²) in [7, 11) is -3.69. The molecule has 0 unspecified atom stereocenters. The van der Waals surface area contributed by atoms with Gasteiger partial charge in [0.25, 0.3) is 5.91 Å².